The van der Waals surface area contributed by atoms with E-state index < -0.39 is 0 Å². The van der Waals surface area contributed by atoms with Crippen LogP contribution in [0.5, 0.6) is 0 Å². The molecule has 0 saturated heterocycles. The van der Waals surface area contributed by atoms with Crippen LogP contribution in [-0.4, -0.2) is 18.2 Å². The van der Waals surface area contributed by atoms with Crippen molar-refractivity contribution in [1.82, 2.24) is 10.9 Å². The number of hydrogen-bond acceptors (Lipinski definition) is 4. The summed E-state index contributed by atoms with van der Waals surface area (Å²) in [5.41, 5.74) is 6.33. The van der Waals surface area contributed by atoms with Crippen molar-refractivity contribution in [2.75, 3.05) is 7.05 Å². The molecule has 0 unspecified atom stereocenters. The molecule has 1 amide bonds. The standard InChI is InChI=1S/C9H12N2O3/c1-10-11-9(12)8-4-2-7(3-5-8)6-14-13/h2-5,10,13H,6H2,1H3,(H,11,12). The van der Waals surface area contributed by atoms with Crippen LogP contribution in [0.25, 0.3) is 0 Å². The molecule has 0 atom stereocenters. The molecule has 1 aromatic carbocycles. The van der Waals surface area contributed by atoms with Crippen LogP contribution in [0.2, 0.25) is 0 Å². The fourth-order valence-electron chi connectivity index (χ4n) is 1.01. The Morgan fingerprint density at radius 1 is 1.43 bits per heavy atom. The third-order valence-electron chi connectivity index (χ3n) is 1.69. The molecule has 0 heterocycles. The van der Waals surface area contributed by atoms with Crippen LogP contribution in [0.3, 0.4) is 0 Å². The van der Waals surface area contributed by atoms with Crippen LogP contribution in [0, 0.1) is 0 Å². The van der Waals surface area contributed by atoms with E-state index >= 15 is 0 Å². The largest absolute Gasteiger partial charge is 0.288 e. The maximum absolute atomic E-state index is 11.3. The van der Waals surface area contributed by atoms with E-state index in [1.165, 1.54) is 0 Å². The third kappa shape index (κ3) is 2.81. The number of benzene rings is 1. The monoisotopic (exact) mass is 196 g/mol. The minimum Gasteiger partial charge on any atom is -0.288 e. The number of hydrazine groups is 1. The van der Waals surface area contributed by atoms with Crippen molar-refractivity contribution in [1.29, 1.82) is 0 Å². The first-order valence-corrected chi connectivity index (χ1v) is 4.10. The summed E-state index contributed by atoms with van der Waals surface area (Å²) in [6, 6.07) is 6.73. The fourth-order valence-corrected chi connectivity index (χ4v) is 1.01. The van der Waals surface area contributed by atoms with Crippen LogP contribution in [0.15, 0.2) is 24.3 Å². The quantitative estimate of drug-likeness (QED) is 0.485. The van der Waals surface area contributed by atoms with E-state index in [0.717, 1.165) is 5.56 Å². The molecule has 0 aliphatic rings. The maximum Gasteiger partial charge on any atom is 0.265 e. The van der Waals surface area contributed by atoms with Crippen molar-refractivity contribution in [2.24, 2.45) is 0 Å². The molecule has 1 aromatic rings. The second-order valence-corrected chi connectivity index (χ2v) is 2.67. The van der Waals surface area contributed by atoms with E-state index in [0.29, 0.717) is 5.56 Å². The van der Waals surface area contributed by atoms with E-state index in [4.69, 9.17) is 5.26 Å². The van der Waals surface area contributed by atoms with Gasteiger partial charge in [0.25, 0.3) is 5.91 Å². The van der Waals surface area contributed by atoms with Gasteiger partial charge in [-0.15, -0.1) is 0 Å². The van der Waals surface area contributed by atoms with Gasteiger partial charge in [0.05, 0.1) is 0 Å². The summed E-state index contributed by atoms with van der Waals surface area (Å²) in [6.07, 6.45) is 0. The minimum atomic E-state index is -0.205. The predicted molar refractivity (Wildman–Crippen MR) is 50.4 cm³/mol. The molecule has 5 heteroatoms. The van der Waals surface area contributed by atoms with Crippen LogP contribution >= 0.6 is 0 Å². The molecule has 0 radical (unpaired) electrons. The number of rotatable bonds is 4. The second kappa shape index (κ2) is 5.33. The van der Waals surface area contributed by atoms with Gasteiger partial charge in [-0.2, -0.15) is 0 Å². The van der Waals surface area contributed by atoms with Gasteiger partial charge in [0, 0.05) is 12.6 Å². The highest BCUT2D eigenvalue weighted by Crippen LogP contribution is 2.04. The van der Waals surface area contributed by atoms with Crippen LogP contribution in [0.1, 0.15) is 15.9 Å². The van der Waals surface area contributed by atoms with Gasteiger partial charge in [0.2, 0.25) is 0 Å². The fraction of sp³-hybridized carbons (Fsp3) is 0.222. The van der Waals surface area contributed by atoms with Crippen LogP contribution < -0.4 is 10.9 Å². The lowest BCUT2D eigenvalue weighted by Gasteiger charge is -2.03. The molecule has 0 aliphatic heterocycles. The zero-order valence-electron chi connectivity index (χ0n) is 7.78. The first-order chi connectivity index (χ1) is 6.77. The Hall–Kier alpha value is -1.43. The SMILES string of the molecule is CNNC(=O)c1ccc(COO)cc1. The van der Waals surface area contributed by atoms with Gasteiger partial charge in [-0.05, 0) is 17.7 Å². The van der Waals surface area contributed by atoms with E-state index in [1.54, 1.807) is 31.3 Å². The van der Waals surface area contributed by atoms with Crippen LogP contribution in [0.4, 0.5) is 0 Å². The zero-order chi connectivity index (χ0) is 10.4. The Bertz CT molecular complexity index is 297. The Balaban J connectivity index is 2.67. The third-order valence-corrected chi connectivity index (χ3v) is 1.69. The van der Waals surface area contributed by atoms with E-state index in [1.807, 2.05) is 0 Å². The summed E-state index contributed by atoms with van der Waals surface area (Å²) in [5.74, 6) is -0.205. The Labute approximate surface area is 81.6 Å². The molecule has 0 bridgehead atoms. The summed E-state index contributed by atoms with van der Waals surface area (Å²) in [6.45, 7) is 0.119. The minimum absolute atomic E-state index is 0.119. The molecule has 3 N–H and O–H groups in total. The number of carbonyl (C=O) groups excluding carboxylic acids is 1. The lowest BCUT2D eigenvalue weighted by Crippen LogP contribution is -2.34. The Morgan fingerprint density at radius 3 is 2.57 bits per heavy atom. The molecule has 0 spiro atoms. The lowest BCUT2D eigenvalue weighted by atomic mass is 10.1. The molecule has 1 rings (SSSR count). The molecule has 76 valence electrons. The highest BCUT2D eigenvalue weighted by Gasteiger charge is 2.02. The highest BCUT2D eigenvalue weighted by molar-refractivity contribution is 5.93. The molecule has 14 heavy (non-hydrogen) atoms. The summed E-state index contributed by atoms with van der Waals surface area (Å²) in [5, 5.41) is 8.19. The van der Waals surface area contributed by atoms with Crippen molar-refractivity contribution in [3.63, 3.8) is 0 Å². The first-order valence-electron chi connectivity index (χ1n) is 4.10. The van der Waals surface area contributed by atoms with Crippen molar-refractivity contribution >= 4 is 5.91 Å². The van der Waals surface area contributed by atoms with Gasteiger partial charge in [0.1, 0.15) is 6.61 Å². The molecular weight excluding hydrogens is 184 g/mol. The molecule has 0 aromatic heterocycles. The Kier molecular flexibility index (Phi) is 4.06. The van der Waals surface area contributed by atoms with Crippen LogP contribution in [-0.2, 0) is 11.5 Å². The number of hydrogen-bond donors (Lipinski definition) is 3. The predicted octanol–water partition coefficient (Wildman–Crippen LogP) is 0.540. The normalized spacial score (nSPS) is 9.86. The first kappa shape index (κ1) is 10.6. The number of carbonyl (C=O) groups is 1. The average Bonchev–Trinajstić information content (AvgIpc) is 2.20. The number of nitrogens with one attached hydrogen (secondary N) is 2. The maximum atomic E-state index is 11.3. The summed E-state index contributed by atoms with van der Waals surface area (Å²) in [4.78, 5) is 15.2. The molecule has 0 saturated carbocycles. The summed E-state index contributed by atoms with van der Waals surface area (Å²) >= 11 is 0. The second-order valence-electron chi connectivity index (χ2n) is 2.67. The van der Waals surface area contributed by atoms with E-state index in [2.05, 4.69) is 15.7 Å². The highest BCUT2D eigenvalue weighted by atomic mass is 17.1. The van der Waals surface area contributed by atoms with E-state index in [-0.39, 0.29) is 12.5 Å². The van der Waals surface area contributed by atoms with Gasteiger partial charge in [-0.1, -0.05) is 12.1 Å². The summed E-state index contributed by atoms with van der Waals surface area (Å²) in [7, 11) is 1.62. The molecule has 0 fully saturated rings. The number of amides is 1. The molecule has 0 aliphatic carbocycles. The van der Waals surface area contributed by atoms with Crippen molar-refractivity contribution in [2.45, 2.75) is 6.61 Å². The average molecular weight is 196 g/mol. The van der Waals surface area contributed by atoms with Gasteiger partial charge in [0.15, 0.2) is 0 Å². The Morgan fingerprint density at radius 2 is 2.07 bits per heavy atom. The molecule has 5 nitrogen and oxygen atoms in total. The molecular formula is C9H12N2O3. The summed E-state index contributed by atoms with van der Waals surface area (Å²) < 4.78 is 0. The van der Waals surface area contributed by atoms with Gasteiger partial charge >= 0.3 is 0 Å². The van der Waals surface area contributed by atoms with Gasteiger partial charge in [-0.3, -0.25) is 15.5 Å². The smallest absolute Gasteiger partial charge is 0.265 e. The van der Waals surface area contributed by atoms with Gasteiger partial charge in [-0.25, -0.2) is 10.3 Å². The van der Waals surface area contributed by atoms with E-state index in [9.17, 15) is 4.79 Å². The van der Waals surface area contributed by atoms with Crippen molar-refractivity contribution in [3.05, 3.63) is 35.4 Å². The van der Waals surface area contributed by atoms with Crippen molar-refractivity contribution in [3.8, 4) is 0 Å². The topological polar surface area (TPSA) is 70.6 Å². The lowest BCUT2D eigenvalue weighted by molar-refractivity contribution is -0.253. The van der Waals surface area contributed by atoms with Gasteiger partial charge < -0.3 is 0 Å². The zero-order valence-corrected chi connectivity index (χ0v) is 7.78. The van der Waals surface area contributed by atoms with Crippen molar-refractivity contribution < 1.29 is 14.9 Å².